The van der Waals surface area contributed by atoms with Crippen molar-refractivity contribution in [2.75, 3.05) is 18.5 Å². The molecule has 2 amide bonds. The first-order valence-corrected chi connectivity index (χ1v) is 10.2. The number of benzene rings is 2. The van der Waals surface area contributed by atoms with E-state index in [1.54, 1.807) is 12.1 Å². The molecule has 1 aliphatic heterocycles. The lowest BCUT2D eigenvalue weighted by molar-refractivity contribution is -0.128. The molecular formula is C21H21N3O3S. The van der Waals surface area contributed by atoms with Gasteiger partial charge in [0, 0.05) is 25.1 Å². The molecule has 0 radical (unpaired) electrons. The SMILES string of the molecule is CCOc1ccc2nc(NC(=O)c3ccc(CN4CCCC4=O)cc3)sc2c1. The normalized spacial score (nSPS) is 13.9. The summed E-state index contributed by atoms with van der Waals surface area (Å²) in [5.74, 6) is 0.793. The van der Waals surface area contributed by atoms with Gasteiger partial charge in [-0.2, -0.15) is 0 Å². The topological polar surface area (TPSA) is 71.5 Å². The van der Waals surface area contributed by atoms with Crippen LogP contribution in [0, 0.1) is 0 Å². The Morgan fingerprint density at radius 1 is 1.25 bits per heavy atom. The van der Waals surface area contributed by atoms with Crippen LogP contribution in [0.4, 0.5) is 5.13 Å². The number of anilines is 1. The van der Waals surface area contributed by atoms with Gasteiger partial charge in [-0.3, -0.25) is 14.9 Å². The summed E-state index contributed by atoms with van der Waals surface area (Å²) < 4.78 is 6.47. The van der Waals surface area contributed by atoms with E-state index in [-0.39, 0.29) is 11.8 Å². The molecule has 0 unspecified atom stereocenters. The average molecular weight is 395 g/mol. The smallest absolute Gasteiger partial charge is 0.257 e. The van der Waals surface area contributed by atoms with Crippen molar-refractivity contribution in [3.63, 3.8) is 0 Å². The molecule has 1 fully saturated rings. The number of carbonyl (C=O) groups excluding carboxylic acids is 2. The van der Waals surface area contributed by atoms with E-state index in [9.17, 15) is 9.59 Å². The van der Waals surface area contributed by atoms with Gasteiger partial charge in [0.1, 0.15) is 5.75 Å². The van der Waals surface area contributed by atoms with Gasteiger partial charge in [0.15, 0.2) is 5.13 Å². The second-order valence-corrected chi connectivity index (χ2v) is 7.68. The molecule has 0 spiro atoms. The Labute approximate surface area is 167 Å². The van der Waals surface area contributed by atoms with Crippen molar-refractivity contribution in [3.05, 3.63) is 53.6 Å². The number of fused-ring (bicyclic) bond motifs is 1. The lowest BCUT2D eigenvalue weighted by Gasteiger charge is -2.15. The summed E-state index contributed by atoms with van der Waals surface area (Å²) in [5, 5.41) is 3.42. The Morgan fingerprint density at radius 3 is 2.79 bits per heavy atom. The van der Waals surface area contributed by atoms with Crippen LogP contribution < -0.4 is 10.1 Å². The molecule has 4 rings (SSSR count). The van der Waals surface area contributed by atoms with Gasteiger partial charge in [-0.25, -0.2) is 4.98 Å². The van der Waals surface area contributed by atoms with Gasteiger partial charge < -0.3 is 9.64 Å². The highest BCUT2D eigenvalue weighted by Crippen LogP contribution is 2.29. The van der Waals surface area contributed by atoms with Crippen molar-refractivity contribution in [1.29, 1.82) is 0 Å². The van der Waals surface area contributed by atoms with Gasteiger partial charge in [0.2, 0.25) is 5.91 Å². The molecule has 144 valence electrons. The number of aromatic nitrogens is 1. The lowest BCUT2D eigenvalue weighted by atomic mass is 10.1. The number of hydrogen-bond donors (Lipinski definition) is 1. The monoisotopic (exact) mass is 395 g/mol. The molecular weight excluding hydrogens is 374 g/mol. The van der Waals surface area contributed by atoms with E-state index in [4.69, 9.17) is 4.74 Å². The van der Waals surface area contributed by atoms with Crippen LogP contribution in [-0.2, 0) is 11.3 Å². The van der Waals surface area contributed by atoms with Crippen molar-refractivity contribution in [1.82, 2.24) is 9.88 Å². The maximum Gasteiger partial charge on any atom is 0.257 e. The van der Waals surface area contributed by atoms with Crippen molar-refractivity contribution in [2.24, 2.45) is 0 Å². The summed E-state index contributed by atoms with van der Waals surface area (Å²) in [4.78, 5) is 30.6. The second kappa shape index (κ2) is 7.98. The van der Waals surface area contributed by atoms with E-state index in [1.165, 1.54) is 11.3 Å². The maximum atomic E-state index is 12.5. The summed E-state index contributed by atoms with van der Waals surface area (Å²) in [7, 11) is 0. The van der Waals surface area contributed by atoms with Gasteiger partial charge in [-0.1, -0.05) is 23.5 Å². The van der Waals surface area contributed by atoms with E-state index in [2.05, 4.69) is 10.3 Å². The highest BCUT2D eigenvalue weighted by molar-refractivity contribution is 7.22. The van der Waals surface area contributed by atoms with E-state index < -0.39 is 0 Å². The minimum absolute atomic E-state index is 0.199. The zero-order chi connectivity index (χ0) is 19.5. The van der Waals surface area contributed by atoms with Gasteiger partial charge >= 0.3 is 0 Å². The summed E-state index contributed by atoms with van der Waals surface area (Å²) in [6, 6.07) is 13.1. The molecule has 0 bridgehead atoms. The van der Waals surface area contributed by atoms with E-state index in [0.29, 0.717) is 30.3 Å². The summed E-state index contributed by atoms with van der Waals surface area (Å²) in [6.45, 7) is 3.96. The fraction of sp³-hybridized carbons (Fsp3) is 0.286. The minimum Gasteiger partial charge on any atom is -0.494 e. The molecule has 0 saturated carbocycles. The molecule has 3 aromatic rings. The van der Waals surface area contributed by atoms with Gasteiger partial charge in [-0.15, -0.1) is 0 Å². The summed E-state index contributed by atoms with van der Waals surface area (Å²) in [5.41, 5.74) is 2.41. The Morgan fingerprint density at radius 2 is 2.07 bits per heavy atom. The molecule has 7 heteroatoms. The van der Waals surface area contributed by atoms with Crippen LogP contribution in [-0.4, -0.2) is 34.8 Å². The standard InChI is InChI=1S/C21H21N3O3S/c1-2-27-16-9-10-17-18(12-16)28-21(22-17)23-20(26)15-7-5-14(6-8-15)13-24-11-3-4-19(24)25/h5-10,12H,2-4,11,13H2,1H3,(H,22,23,26). The van der Waals surface area contributed by atoms with Gasteiger partial charge in [0.25, 0.3) is 5.91 Å². The first-order valence-electron chi connectivity index (χ1n) is 9.34. The number of ether oxygens (including phenoxy) is 1. The van der Waals surface area contributed by atoms with Crippen LogP contribution in [0.2, 0.25) is 0 Å². The fourth-order valence-corrected chi connectivity index (χ4v) is 4.13. The number of thiazole rings is 1. The number of rotatable bonds is 6. The highest BCUT2D eigenvalue weighted by atomic mass is 32.1. The van der Waals surface area contributed by atoms with Crippen LogP contribution in [0.25, 0.3) is 10.2 Å². The molecule has 6 nitrogen and oxygen atoms in total. The van der Waals surface area contributed by atoms with Crippen molar-refractivity contribution < 1.29 is 14.3 Å². The molecule has 2 heterocycles. The third-order valence-electron chi connectivity index (χ3n) is 4.65. The summed E-state index contributed by atoms with van der Waals surface area (Å²) in [6.07, 6.45) is 1.56. The van der Waals surface area contributed by atoms with Crippen LogP contribution in [0.15, 0.2) is 42.5 Å². The Kier molecular flexibility index (Phi) is 5.25. The Bertz CT molecular complexity index is 1010. The quantitative estimate of drug-likeness (QED) is 0.683. The highest BCUT2D eigenvalue weighted by Gasteiger charge is 2.20. The number of likely N-dealkylation sites (tertiary alicyclic amines) is 1. The number of amides is 2. The number of nitrogens with one attached hydrogen (secondary N) is 1. The number of nitrogens with zero attached hydrogens (tertiary/aromatic N) is 2. The largest absolute Gasteiger partial charge is 0.494 e. The first-order chi connectivity index (χ1) is 13.6. The second-order valence-electron chi connectivity index (χ2n) is 6.65. The van der Waals surface area contributed by atoms with Gasteiger partial charge in [0.05, 0.1) is 16.8 Å². The van der Waals surface area contributed by atoms with Crippen LogP contribution in [0.3, 0.4) is 0 Å². The Hall–Kier alpha value is -2.93. The molecule has 1 aliphatic rings. The fourth-order valence-electron chi connectivity index (χ4n) is 3.24. The predicted molar refractivity (Wildman–Crippen MR) is 110 cm³/mol. The number of carbonyl (C=O) groups is 2. The van der Waals surface area contributed by atoms with Crippen LogP contribution in [0.5, 0.6) is 5.75 Å². The molecule has 2 aromatic carbocycles. The molecule has 1 N–H and O–H groups in total. The van der Waals surface area contributed by atoms with Crippen molar-refractivity contribution in [2.45, 2.75) is 26.3 Å². The molecule has 28 heavy (non-hydrogen) atoms. The van der Waals surface area contributed by atoms with E-state index in [0.717, 1.165) is 34.5 Å². The molecule has 1 aromatic heterocycles. The van der Waals surface area contributed by atoms with Crippen LogP contribution >= 0.6 is 11.3 Å². The Balaban J connectivity index is 1.43. The number of hydrogen-bond acceptors (Lipinski definition) is 5. The average Bonchev–Trinajstić information content (AvgIpc) is 3.27. The van der Waals surface area contributed by atoms with Crippen molar-refractivity contribution in [3.8, 4) is 5.75 Å². The van der Waals surface area contributed by atoms with Gasteiger partial charge in [-0.05, 0) is 49.2 Å². The molecule has 0 atom stereocenters. The third-order valence-corrected chi connectivity index (χ3v) is 5.59. The molecule has 1 saturated heterocycles. The van der Waals surface area contributed by atoms with E-state index >= 15 is 0 Å². The first kappa shape index (κ1) is 18.4. The zero-order valence-corrected chi connectivity index (χ0v) is 16.4. The predicted octanol–water partition coefficient (Wildman–Crippen LogP) is 4.07. The van der Waals surface area contributed by atoms with E-state index in [1.807, 2.05) is 42.2 Å². The molecule has 0 aliphatic carbocycles. The minimum atomic E-state index is -0.201. The van der Waals surface area contributed by atoms with Crippen LogP contribution in [0.1, 0.15) is 35.7 Å². The third kappa shape index (κ3) is 3.99. The lowest BCUT2D eigenvalue weighted by Crippen LogP contribution is -2.23. The zero-order valence-electron chi connectivity index (χ0n) is 15.6. The maximum absolute atomic E-state index is 12.5. The van der Waals surface area contributed by atoms with Crippen molar-refractivity contribution >= 4 is 38.5 Å². The summed E-state index contributed by atoms with van der Waals surface area (Å²) >= 11 is 1.42.